The van der Waals surface area contributed by atoms with Crippen molar-refractivity contribution in [2.45, 2.75) is 6.92 Å². The average Bonchev–Trinajstić information content (AvgIpc) is 2.70. The number of halogens is 1. The molecule has 22 heavy (non-hydrogen) atoms. The number of hydrazine groups is 1. The Kier molecular flexibility index (Phi) is 5.09. The van der Waals surface area contributed by atoms with Crippen molar-refractivity contribution >= 4 is 62.1 Å². The van der Waals surface area contributed by atoms with Gasteiger partial charge >= 0.3 is 0 Å². The van der Waals surface area contributed by atoms with E-state index in [1.54, 1.807) is 18.2 Å². The summed E-state index contributed by atoms with van der Waals surface area (Å²) in [6.07, 6.45) is 1.60. The Labute approximate surface area is 144 Å². The molecule has 1 aromatic carbocycles. The SMILES string of the molecule is COc1cc(/C=C2\SC(=S)N(NC(C)=O)C2=O)cc(Br)c1O. The minimum absolute atomic E-state index is 0.0227. The largest absolute Gasteiger partial charge is 0.503 e. The van der Waals surface area contributed by atoms with Crippen LogP contribution in [-0.4, -0.2) is 33.4 Å². The number of ether oxygens (including phenoxy) is 1. The van der Waals surface area contributed by atoms with Gasteiger partial charge in [-0.2, -0.15) is 5.01 Å². The third-order valence-corrected chi connectivity index (χ3v) is 4.54. The summed E-state index contributed by atoms with van der Waals surface area (Å²) in [6, 6.07) is 3.23. The molecule has 2 N–H and O–H groups in total. The summed E-state index contributed by atoms with van der Waals surface area (Å²) >= 11 is 9.36. The van der Waals surface area contributed by atoms with E-state index in [4.69, 9.17) is 17.0 Å². The molecule has 1 heterocycles. The van der Waals surface area contributed by atoms with Gasteiger partial charge in [0.15, 0.2) is 15.8 Å². The number of benzene rings is 1. The van der Waals surface area contributed by atoms with Gasteiger partial charge in [0, 0.05) is 6.92 Å². The molecule has 2 rings (SSSR count). The van der Waals surface area contributed by atoms with E-state index >= 15 is 0 Å². The van der Waals surface area contributed by atoms with Crippen molar-refractivity contribution in [1.29, 1.82) is 0 Å². The monoisotopic (exact) mass is 402 g/mol. The van der Waals surface area contributed by atoms with E-state index in [0.717, 1.165) is 16.8 Å². The summed E-state index contributed by atoms with van der Waals surface area (Å²) in [6.45, 7) is 1.30. The van der Waals surface area contributed by atoms with Crippen LogP contribution >= 0.6 is 39.9 Å². The van der Waals surface area contributed by atoms with Crippen molar-refractivity contribution in [2.75, 3.05) is 7.11 Å². The number of amides is 2. The van der Waals surface area contributed by atoms with Gasteiger partial charge in [0.2, 0.25) is 5.91 Å². The molecule has 6 nitrogen and oxygen atoms in total. The normalized spacial score (nSPS) is 16.3. The maximum Gasteiger partial charge on any atom is 0.285 e. The van der Waals surface area contributed by atoms with Crippen LogP contribution in [0.15, 0.2) is 21.5 Å². The highest BCUT2D eigenvalue weighted by molar-refractivity contribution is 9.10. The molecule has 9 heteroatoms. The Bertz CT molecular complexity index is 706. The van der Waals surface area contributed by atoms with E-state index in [9.17, 15) is 14.7 Å². The summed E-state index contributed by atoms with van der Waals surface area (Å²) in [4.78, 5) is 23.6. The predicted octanol–water partition coefficient (Wildman–Crippen LogP) is 2.42. The number of carbonyl (C=O) groups is 2. The molecule has 1 aliphatic rings. The quantitative estimate of drug-likeness (QED) is 0.596. The Morgan fingerprint density at radius 2 is 2.23 bits per heavy atom. The number of carbonyl (C=O) groups excluding carboxylic acids is 2. The van der Waals surface area contributed by atoms with Gasteiger partial charge in [-0.15, -0.1) is 0 Å². The highest BCUT2D eigenvalue weighted by Gasteiger charge is 2.33. The topological polar surface area (TPSA) is 78.9 Å². The maximum absolute atomic E-state index is 12.2. The van der Waals surface area contributed by atoms with Crippen molar-refractivity contribution < 1.29 is 19.4 Å². The first-order valence-electron chi connectivity index (χ1n) is 5.95. The number of rotatable bonds is 3. The summed E-state index contributed by atoms with van der Waals surface area (Å²) in [5.74, 6) is -0.539. The summed E-state index contributed by atoms with van der Waals surface area (Å²) in [5.41, 5.74) is 3.01. The van der Waals surface area contributed by atoms with Crippen molar-refractivity contribution in [3.05, 3.63) is 27.1 Å². The summed E-state index contributed by atoms with van der Waals surface area (Å²) in [7, 11) is 1.43. The molecule has 0 radical (unpaired) electrons. The fraction of sp³-hybridized carbons (Fsp3) is 0.154. The Morgan fingerprint density at radius 1 is 1.55 bits per heavy atom. The van der Waals surface area contributed by atoms with Crippen LogP contribution in [0.4, 0.5) is 0 Å². The molecular weight excluding hydrogens is 392 g/mol. The highest BCUT2D eigenvalue weighted by atomic mass is 79.9. The smallest absolute Gasteiger partial charge is 0.285 e. The zero-order chi connectivity index (χ0) is 16.4. The number of phenols is 1. The van der Waals surface area contributed by atoms with Gasteiger partial charge < -0.3 is 9.84 Å². The molecule has 0 unspecified atom stereocenters. The number of thiocarbonyl (C=S) groups is 1. The highest BCUT2D eigenvalue weighted by Crippen LogP contribution is 2.37. The maximum atomic E-state index is 12.2. The molecule has 2 amide bonds. The van der Waals surface area contributed by atoms with E-state index in [1.807, 2.05) is 0 Å². The number of thioether (sulfide) groups is 1. The third kappa shape index (κ3) is 3.42. The Balaban J connectivity index is 2.34. The predicted molar refractivity (Wildman–Crippen MR) is 91.2 cm³/mol. The van der Waals surface area contributed by atoms with Gasteiger partial charge in [-0.3, -0.25) is 15.0 Å². The van der Waals surface area contributed by atoms with Crippen LogP contribution in [0.5, 0.6) is 11.5 Å². The Hall–Kier alpha value is -1.58. The van der Waals surface area contributed by atoms with Gasteiger partial charge in [0.25, 0.3) is 5.91 Å². The molecule has 1 aliphatic heterocycles. The van der Waals surface area contributed by atoms with Crippen molar-refractivity contribution in [1.82, 2.24) is 10.4 Å². The van der Waals surface area contributed by atoms with E-state index in [0.29, 0.717) is 14.9 Å². The molecule has 1 saturated heterocycles. The lowest BCUT2D eigenvalue weighted by molar-refractivity contribution is -0.131. The van der Waals surface area contributed by atoms with Gasteiger partial charge in [0.05, 0.1) is 16.5 Å². The summed E-state index contributed by atoms with van der Waals surface area (Å²) < 4.78 is 5.75. The molecule has 0 spiro atoms. The average molecular weight is 403 g/mol. The number of aromatic hydroxyl groups is 1. The van der Waals surface area contributed by atoms with Gasteiger partial charge in [-0.25, -0.2) is 0 Å². The fourth-order valence-electron chi connectivity index (χ4n) is 1.71. The van der Waals surface area contributed by atoms with Crippen molar-refractivity contribution in [2.24, 2.45) is 0 Å². The number of phenolic OH excluding ortho intramolecular Hbond substituents is 1. The van der Waals surface area contributed by atoms with Crippen LogP contribution in [0.3, 0.4) is 0 Å². The summed E-state index contributed by atoms with van der Waals surface area (Å²) in [5, 5.41) is 10.8. The zero-order valence-corrected chi connectivity index (χ0v) is 14.8. The lowest BCUT2D eigenvalue weighted by atomic mass is 10.2. The minimum atomic E-state index is -0.409. The first-order chi connectivity index (χ1) is 10.3. The molecular formula is C13H11BrN2O4S2. The van der Waals surface area contributed by atoms with E-state index in [1.165, 1.54) is 14.0 Å². The van der Waals surface area contributed by atoms with E-state index < -0.39 is 5.91 Å². The lowest BCUT2D eigenvalue weighted by Gasteiger charge is -2.13. The molecule has 116 valence electrons. The molecule has 1 fully saturated rings. The van der Waals surface area contributed by atoms with Gasteiger partial charge in [-0.1, -0.05) is 11.8 Å². The second-order valence-corrected chi connectivity index (χ2v) is 6.77. The van der Waals surface area contributed by atoms with Crippen molar-refractivity contribution in [3.63, 3.8) is 0 Å². The van der Waals surface area contributed by atoms with Crippen LogP contribution in [0.25, 0.3) is 6.08 Å². The zero-order valence-electron chi connectivity index (χ0n) is 11.5. The van der Waals surface area contributed by atoms with Crippen LogP contribution in [0.1, 0.15) is 12.5 Å². The number of nitrogens with one attached hydrogen (secondary N) is 1. The van der Waals surface area contributed by atoms with Crippen LogP contribution in [0.2, 0.25) is 0 Å². The number of nitrogens with zero attached hydrogens (tertiary/aromatic N) is 1. The second kappa shape index (κ2) is 6.67. The first kappa shape index (κ1) is 16.8. The number of hydrogen-bond donors (Lipinski definition) is 2. The van der Waals surface area contributed by atoms with Crippen LogP contribution < -0.4 is 10.2 Å². The Morgan fingerprint density at radius 3 is 2.82 bits per heavy atom. The van der Waals surface area contributed by atoms with E-state index in [2.05, 4.69) is 21.4 Å². The third-order valence-electron chi connectivity index (χ3n) is 2.63. The molecule has 0 bridgehead atoms. The lowest BCUT2D eigenvalue weighted by Crippen LogP contribution is -2.43. The molecule has 1 aromatic rings. The minimum Gasteiger partial charge on any atom is -0.503 e. The molecule has 0 aliphatic carbocycles. The molecule has 0 aromatic heterocycles. The first-order valence-corrected chi connectivity index (χ1v) is 7.97. The van der Waals surface area contributed by atoms with Crippen molar-refractivity contribution in [3.8, 4) is 11.5 Å². The van der Waals surface area contributed by atoms with E-state index in [-0.39, 0.29) is 21.7 Å². The van der Waals surface area contributed by atoms with Gasteiger partial charge in [0.1, 0.15) is 0 Å². The fourth-order valence-corrected chi connectivity index (χ4v) is 3.34. The molecule has 0 atom stereocenters. The molecule has 0 saturated carbocycles. The standard InChI is InChI=1S/C13H11BrN2O4S2/c1-6(17)15-16-12(19)10(22-13(16)21)5-7-3-8(14)11(18)9(4-7)20-2/h3-5,18H,1-2H3,(H,15,17)/b10-5-. The number of methoxy groups -OCH3 is 1. The van der Waals surface area contributed by atoms with Crippen LogP contribution in [0, 0.1) is 0 Å². The van der Waals surface area contributed by atoms with Gasteiger partial charge in [-0.05, 0) is 51.9 Å². The number of hydrogen-bond acceptors (Lipinski definition) is 6. The van der Waals surface area contributed by atoms with Crippen LogP contribution in [-0.2, 0) is 9.59 Å². The second-order valence-electron chi connectivity index (χ2n) is 4.24.